The van der Waals surface area contributed by atoms with Gasteiger partial charge in [0, 0.05) is 56.0 Å². The molecule has 0 saturated heterocycles. The van der Waals surface area contributed by atoms with E-state index >= 15 is 0 Å². The molecular weight excluding hydrogens is 450 g/mol. The maximum absolute atomic E-state index is 13.5. The SMILES string of the molecule is CCCC#Cc1ccc2c(c1)O[C@@H](CN(C)Cc1cccnc1)[C@@H](C)CN(C(C)CO)S2(=O)=O. The van der Waals surface area contributed by atoms with Crippen LogP contribution in [0.5, 0.6) is 5.75 Å². The molecule has 2 aromatic rings. The van der Waals surface area contributed by atoms with Crippen molar-refractivity contribution in [3.8, 4) is 17.6 Å². The number of sulfonamides is 1. The van der Waals surface area contributed by atoms with Gasteiger partial charge in [0.1, 0.15) is 16.7 Å². The van der Waals surface area contributed by atoms with E-state index < -0.39 is 16.1 Å². The Morgan fingerprint density at radius 2 is 2.15 bits per heavy atom. The lowest BCUT2D eigenvalue weighted by molar-refractivity contribution is 0.0733. The second kappa shape index (κ2) is 11.8. The van der Waals surface area contributed by atoms with E-state index in [1.165, 1.54) is 4.31 Å². The molecule has 0 spiro atoms. The molecule has 0 fully saturated rings. The molecule has 1 unspecified atom stereocenters. The lowest BCUT2D eigenvalue weighted by Gasteiger charge is -2.37. The van der Waals surface area contributed by atoms with Crippen LogP contribution < -0.4 is 4.74 Å². The van der Waals surface area contributed by atoms with Gasteiger partial charge in [-0.1, -0.05) is 31.8 Å². The average molecular weight is 486 g/mol. The van der Waals surface area contributed by atoms with Gasteiger partial charge < -0.3 is 9.84 Å². The van der Waals surface area contributed by atoms with Crippen molar-refractivity contribution in [3.05, 3.63) is 53.9 Å². The van der Waals surface area contributed by atoms with E-state index in [2.05, 4.69) is 28.6 Å². The van der Waals surface area contributed by atoms with Crippen molar-refractivity contribution in [2.24, 2.45) is 5.92 Å². The molecule has 184 valence electrons. The number of unbranched alkanes of at least 4 members (excludes halogenated alkanes) is 1. The highest BCUT2D eigenvalue weighted by Gasteiger charge is 2.38. The Bertz CT molecular complexity index is 1110. The number of benzene rings is 1. The molecule has 0 amide bonds. The number of aliphatic hydroxyl groups is 1. The van der Waals surface area contributed by atoms with Crippen molar-refractivity contribution in [3.63, 3.8) is 0 Å². The summed E-state index contributed by atoms with van der Waals surface area (Å²) in [6, 6.07) is 8.41. The highest BCUT2D eigenvalue weighted by molar-refractivity contribution is 7.89. The molecule has 0 bridgehead atoms. The lowest BCUT2D eigenvalue weighted by Crippen LogP contribution is -2.49. The van der Waals surface area contributed by atoms with Crippen LogP contribution in [0.1, 0.15) is 44.7 Å². The first-order valence-corrected chi connectivity index (χ1v) is 13.2. The van der Waals surface area contributed by atoms with Crippen molar-refractivity contribution in [1.82, 2.24) is 14.2 Å². The first-order valence-electron chi connectivity index (χ1n) is 11.8. The summed E-state index contributed by atoms with van der Waals surface area (Å²) in [6.45, 7) is 7.08. The summed E-state index contributed by atoms with van der Waals surface area (Å²) in [5.74, 6) is 6.42. The van der Waals surface area contributed by atoms with Gasteiger partial charge in [0.05, 0.1) is 6.61 Å². The number of aromatic nitrogens is 1. The Labute approximate surface area is 203 Å². The van der Waals surface area contributed by atoms with E-state index in [0.29, 0.717) is 18.8 Å². The molecule has 1 aliphatic heterocycles. The predicted octanol–water partition coefficient (Wildman–Crippen LogP) is 3.13. The van der Waals surface area contributed by atoms with Gasteiger partial charge in [-0.05, 0) is 50.2 Å². The summed E-state index contributed by atoms with van der Waals surface area (Å²) >= 11 is 0. The minimum absolute atomic E-state index is 0.108. The summed E-state index contributed by atoms with van der Waals surface area (Å²) < 4.78 is 34.9. The van der Waals surface area contributed by atoms with Gasteiger partial charge in [-0.15, -0.1) is 0 Å². The number of aliphatic hydroxyl groups excluding tert-OH is 1. The van der Waals surface area contributed by atoms with E-state index in [4.69, 9.17) is 4.74 Å². The van der Waals surface area contributed by atoms with Crippen LogP contribution in [0.4, 0.5) is 0 Å². The Morgan fingerprint density at radius 1 is 1.35 bits per heavy atom. The van der Waals surface area contributed by atoms with Crippen molar-refractivity contribution < 1.29 is 18.3 Å². The fourth-order valence-electron chi connectivity index (χ4n) is 3.99. The number of rotatable bonds is 7. The average Bonchev–Trinajstić information content (AvgIpc) is 2.81. The minimum Gasteiger partial charge on any atom is -0.487 e. The second-order valence-electron chi connectivity index (χ2n) is 9.01. The first kappa shape index (κ1) is 26.2. The van der Waals surface area contributed by atoms with Gasteiger partial charge in [0.2, 0.25) is 10.0 Å². The lowest BCUT2D eigenvalue weighted by atomic mass is 10.0. The number of nitrogens with zero attached hydrogens (tertiary/aromatic N) is 3. The Kier molecular flexibility index (Phi) is 9.09. The van der Waals surface area contributed by atoms with Crippen molar-refractivity contribution in [1.29, 1.82) is 0 Å². The van der Waals surface area contributed by atoms with Gasteiger partial charge in [0.25, 0.3) is 0 Å². The number of pyridine rings is 1. The molecule has 1 N–H and O–H groups in total. The molecule has 1 aromatic carbocycles. The van der Waals surface area contributed by atoms with Gasteiger partial charge >= 0.3 is 0 Å². The Hall–Kier alpha value is -2.44. The topological polar surface area (TPSA) is 83.0 Å². The largest absolute Gasteiger partial charge is 0.487 e. The normalized spacial score (nSPS) is 20.9. The predicted molar refractivity (Wildman–Crippen MR) is 133 cm³/mol. The molecule has 1 aromatic heterocycles. The van der Waals surface area contributed by atoms with Crippen molar-refractivity contribution in [2.45, 2.75) is 57.2 Å². The molecule has 0 radical (unpaired) electrons. The number of hydrogen-bond acceptors (Lipinski definition) is 6. The second-order valence-corrected chi connectivity index (χ2v) is 10.9. The molecular formula is C26H35N3O4S. The molecule has 2 heterocycles. The first-order chi connectivity index (χ1) is 16.3. The molecule has 8 heteroatoms. The van der Waals surface area contributed by atoms with Crippen LogP contribution in [-0.2, 0) is 16.6 Å². The standard InChI is InChI=1S/C26H35N3O4S/c1-5-6-7-9-22-11-12-26-24(14-22)33-25(18-28(4)17-23-10-8-13-27-15-23)20(2)16-29(21(3)19-30)34(26,31)32/h8,10-15,20-21,25,30H,5-6,16-19H2,1-4H3/t20-,21?,25-/m0/s1. The highest BCUT2D eigenvalue weighted by atomic mass is 32.2. The molecule has 3 atom stereocenters. The van der Waals surface area contributed by atoms with Gasteiger partial charge in [-0.2, -0.15) is 4.31 Å². The summed E-state index contributed by atoms with van der Waals surface area (Å²) in [5, 5.41) is 9.79. The Morgan fingerprint density at radius 3 is 2.82 bits per heavy atom. The zero-order valence-electron chi connectivity index (χ0n) is 20.4. The minimum atomic E-state index is -3.85. The van der Waals surface area contributed by atoms with Crippen LogP contribution in [0.2, 0.25) is 0 Å². The molecule has 0 saturated carbocycles. The fraction of sp³-hybridized carbons (Fsp3) is 0.500. The molecule has 7 nitrogen and oxygen atoms in total. The quantitative estimate of drug-likeness (QED) is 0.607. The maximum atomic E-state index is 13.5. The third-order valence-electron chi connectivity index (χ3n) is 5.94. The van der Waals surface area contributed by atoms with Crippen molar-refractivity contribution >= 4 is 10.0 Å². The fourth-order valence-corrected chi connectivity index (χ4v) is 5.81. The summed E-state index contributed by atoms with van der Waals surface area (Å²) in [5.41, 5.74) is 1.82. The van der Waals surface area contributed by atoms with Crippen LogP contribution >= 0.6 is 0 Å². The zero-order valence-corrected chi connectivity index (χ0v) is 21.3. The molecule has 34 heavy (non-hydrogen) atoms. The van der Waals surface area contributed by atoms with Gasteiger partial charge in [0.15, 0.2) is 0 Å². The number of hydrogen-bond donors (Lipinski definition) is 1. The van der Waals surface area contributed by atoms with E-state index in [1.54, 1.807) is 31.3 Å². The summed E-state index contributed by atoms with van der Waals surface area (Å²) in [6.07, 6.45) is 5.06. The van der Waals surface area contributed by atoms with Crippen LogP contribution in [0, 0.1) is 17.8 Å². The third-order valence-corrected chi connectivity index (χ3v) is 7.96. The zero-order chi connectivity index (χ0) is 24.7. The van der Waals surface area contributed by atoms with E-state index in [-0.39, 0.29) is 30.1 Å². The van der Waals surface area contributed by atoms with E-state index in [9.17, 15) is 13.5 Å². The highest BCUT2D eigenvalue weighted by Crippen LogP contribution is 2.34. The summed E-state index contributed by atoms with van der Waals surface area (Å²) in [4.78, 5) is 6.45. The molecule has 0 aliphatic carbocycles. The van der Waals surface area contributed by atoms with Gasteiger partial charge in [-0.3, -0.25) is 9.88 Å². The molecule has 1 aliphatic rings. The van der Waals surface area contributed by atoms with E-state index in [1.807, 2.05) is 32.3 Å². The van der Waals surface area contributed by atoms with Crippen LogP contribution in [0.25, 0.3) is 0 Å². The van der Waals surface area contributed by atoms with Gasteiger partial charge in [-0.25, -0.2) is 8.42 Å². The monoisotopic (exact) mass is 485 g/mol. The van der Waals surface area contributed by atoms with Crippen molar-refractivity contribution in [2.75, 3.05) is 26.7 Å². The maximum Gasteiger partial charge on any atom is 0.247 e. The number of ether oxygens (including phenoxy) is 1. The van der Waals surface area contributed by atoms with Crippen LogP contribution in [0.15, 0.2) is 47.6 Å². The number of likely N-dealkylation sites (N-methyl/N-ethyl adjacent to an activating group) is 1. The molecule has 3 rings (SSSR count). The van der Waals surface area contributed by atoms with E-state index in [0.717, 1.165) is 24.0 Å². The van der Waals surface area contributed by atoms with Crippen LogP contribution in [0.3, 0.4) is 0 Å². The number of fused-ring (bicyclic) bond motifs is 1. The smallest absolute Gasteiger partial charge is 0.247 e. The van der Waals surface area contributed by atoms with Crippen LogP contribution in [-0.4, -0.2) is 66.6 Å². The third kappa shape index (κ3) is 6.36. The summed E-state index contributed by atoms with van der Waals surface area (Å²) in [7, 11) is -1.84. The Balaban J connectivity index is 1.97.